The number of ether oxygens (including phenoxy) is 2. The minimum absolute atomic E-state index is 0.558. The Hall–Kier alpha value is -1.46. The Labute approximate surface area is 126 Å². The molecule has 0 aliphatic heterocycles. The van der Waals surface area contributed by atoms with E-state index in [-0.39, 0.29) is 0 Å². The molecule has 0 saturated heterocycles. The molecule has 0 bridgehead atoms. The van der Waals surface area contributed by atoms with Crippen molar-refractivity contribution in [1.29, 1.82) is 0 Å². The Morgan fingerprint density at radius 3 is 2.65 bits per heavy atom. The van der Waals surface area contributed by atoms with E-state index in [9.17, 15) is 5.11 Å². The number of halogens is 1. The van der Waals surface area contributed by atoms with Gasteiger partial charge in [0.15, 0.2) is 0 Å². The van der Waals surface area contributed by atoms with Crippen molar-refractivity contribution in [3.8, 4) is 11.5 Å². The topological polar surface area (TPSA) is 51.8 Å². The molecule has 1 heterocycles. The first-order valence-corrected chi connectivity index (χ1v) is 7.07. The van der Waals surface area contributed by atoms with E-state index in [2.05, 4.69) is 15.9 Å². The first-order chi connectivity index (χ1) is 9.67. The molecule has 1 N–H and O–H groups in total. The maximum atomic E-state index is 10.3. The molecule has 2 rings (SSSR count). The molecule has 2 aromatic rings. The van der Waals surface area contributed by atoms with Crippen LogP contribution in [0.1, 0.15) is 23.8 Å². The summed E-state index contributed by atoms with van der Waals surface area (Å²) in [5, 5.41) is 10.3. The third-order valence-corrected chi connectivity index (χ3v) is 3.87. The zero-order chi connectivity index (χ0) is 14.5. The van der Waals surface area contributed by atoms with Crippen molar-refractivity contribution in [3.63, 3.8) is 0 Å². The molecule has 0 spiro atoms. The van der Waals surface area contributed by atoms with Gasteiger partial charge in [-0.3, -0.25) is 0 Å². The van der Waals surface area contributed by atoms with Gasteiger partial charge >= 0.3 is 0 Å². The number of aliphatic hydroxyl groups excluding tert-OH is 1. The average molecular weight is 341 g/mol. The van der Waals surface area contributed by atoms with E-state index in [4.69, 9.17) is 13.9 Å². The van der Waals surface area contributed by atoms with Gasteiger partial charge in [-0.25, -0.2) is 0 Å². The molecule has 0 fully saturated rings. The minimum atomic E-state index is -0.628. The SMILES string of the molecule is COc1ccc(C(O)CCc2ccco2)c(OC)c1Br. The second kappa shape index (κ2) is 6.81. The van der Waals surface area contributed by atoms with E-state index >= 15 is 0 Å². The van der Waals surface area contributed by atoms with Crippen molar-refractivity contribution < 1.29 is 19.0 Å². The smallest absolute Gasteiger partial charge is 0.142 e. The van der Waals surface area contributed by atoms with Crippen LogP contribution in [-0.4, -0.2) is 19.3 Å². The van der Waals surface area contributed by atoms with Crippen LogP contribution in [0.5, 0.6) is 11.5 Å². The molecule has 4 nitrogen and oxygen atoms in total. The summed E-state index contributed by atoms with van der Waals surface area (Å²) in [7, 11) is 3.16. The maximum absolute atomic E-state index is 10.3. The molecule has 0 radical (unpaired) electrons. The lowest BCUT2D eigenvalue weighted by atomic mass is 10.0. The van der Waals surface area contributed by atoms with Crippen molar-refractivity contribution in [2.75, 3.05) is 14.2 Å². The van der Waals surface area contributed by atoms with Crippen molar-refractivity contribution >= 4 is 15.9 Å². The highest BCUT2D eigenvalue weighted by atomic mass is 79.9. The van der Waals surface area contributed by atoms with Gasteiger partial charge in [-0.1, -0.05) is 0 Å². The van der Waals surface area contributed by atoms with Crippen LogP contribution in [0.25, 0.3) is 0 Å². The highest BCUT2D eigenvalue weighted by molar-refractivity contribution is 9.10. The molecule has 1 aromatic heterocycles. The van der Waals surface area contributed by atoms with Crippen LogP contribution < -0.4 is 9.47 Å². The Bertz CT molecular complexity index is 551. The number of hydrogen-bond donors (Lipinski definition) is 1. The van der Waals surface area contributed by atoms with Gasteiger partial charge in [-0.15, -0.1) is 0 Å². The molecule has 20 heavy (non-hydrogen) atoms. The fourth-order valence-electron chi connectivity index (χ4n) is 2.07. The third-order valence-electron chi connectivity index (χ3n) is 3.12. The van der Waals surface area contributed by atoms with E-state index in [1.807, 2.05) is 18.2 Å². The predicted octanol–water partition coefficient (Wildman–Crippen LogP) is 3.73. The lowest BCUT2D eigenvalue weighted by Crippen LogP contribution is -2.03. The quantitative estimate of drug-likeness (QED) is 0.870. The molecule has 0 aliphatic carbocycles. The largest absolute Gasteiger partial charge is 0.495 e. The fraction of sp³-hybridized carbons (Fsp3) is 0.333. The van der Waals surface area contributed by atoms with Gasteiger partial charge in [-0.05, 0) is 46.6 Å². The highest BCUT2D eigenvalue weighted by Gasteiger charge is 2.18. The van der Waals surface area contributed by atoms with Crippen molar-refractivity contribution in [1.82, 2.24) is 0 Å². The van der Waals surface area contributed by atoms with Crippen molar-refractivity contribution in [2.45, 2.75) is 18.9 Å². The fourth-order valence-corrected chi connectivity index (χ4v) is 2.75. The molecule has 1 aromatic carbocycles. The van der Waals surface area contributed by atoms with Crippen LogP contribution in [-0.2, 0) is 6.42 Å². The minimum Gasteiger partial charge on any atom is -0.495 e. The molecule has 0 saturated carbocycles. The Morgan fingerprint density at radius 2 is 2.05 bits per heavy atom. The number of hydrogen-bond acceptors (Lipinski definition) is 4. The second-order valence-corrected chi connectivity index (χ2v) is 5.13. The van der Waals surface area contributed by atoms with Crippen LogP contribution >= 0.6 is 15.9 Å². The van der Waals surface area contributed by atoms with Crippen LogP contribution in [0.4, 0.5) is 0 Å². The molecule has 108 valence electrons. The normalized spacial score (nSPS) is 12.2. The van der Waals surface area contributed by atoms with Crippen molar-refractivity contribution in [2.24, 2.45) is 0 Å². The Morgan fingerprint density at radius 1 is 1.25 bits per heavy atom. The van der Waals surface area contributed by atoms with Crippen LogP contribution in [0, 0.1) is 0 Å². The van der Waals surface area contributed by atoms with Gasteiger partial charge in [0.25, 0.3) is 0 Å². The van der Waals surface area contributed by atoms with Gasteiger partial charge in [-0.2, -0.15) is 0 Å². The average Bonchev–Trinajstić information content (AvgIpc) is 2.97. The van der Waals surface area contributed by atoms with Gasteiger partial charge in [0.1, 0.15) is 21.7 Å². The summed E-state index contributed by atoms with van der Waals surface area (Å²) < 4.78 is 16.6. The van der Waals surface area contributed by atoms with Gasteiger partial charge < -0.3 is 19.0 Å². The molecule has 0 amide bonds. The second-order valence-electron chi connectivity index (χ2n) is 4.34. The number of benzene rings is 1. The van der Waals surface area contributed by atoms with E-state index in [0.717, 1.165) is 11.3 Å². The molecule has 1 unspecified atom stereocenters. The van der Waals surface area contributed by atoms with E-state index in [1.54, 1.807) is 26.5 Å². The molecule has 1 atom stereocenters. The molecule has 0 aliphatic rings. The van der Waals surface area contributed by atoms with Crippen LogP contribution in [0.3, 0.4) is 0 Å². The number of furan rings is 1. The summed E-state index contributed by atoms with van der Waals surface area (Å²) in [5.74, 6) is 2.12. The molecular formula is C15H17BrO4. The van der Waals surface area contributed by atoms with Crippen LogP contribution in [0.15, 0.2) is 39.4 Å². The van der Waals surface area contributed by atoms with Gasteiger partial charge in [0.2, 0.25) is 0 Å². The highest BCUT2D eigenvalue weighted by Crippen LogP contribution is 2.40. The summed E-state index contributed by atoms with van der Waals surface area (Å²) in [5.41, 5.74) is 0.728. The molecule has 5 heteroatoms. The first-order valence-electron chi connectivity index (χ1n) is 6.28. The summed E-state index contributed by atoms with van der Waals surface area (Å²) in [4.78, 5) is 0. The van der Waals surface area contributed by atoms with E-state index in [1.165, 1.54) is 0 Å². The first kappa shape index (κ1) is 14.9. The number of aryl methyl sites for hydroxylation is 1. The van der Waals surface area contributed by atoms with Crippen molar-refractivity contribution in [3.05, 3.63) is 46.3 Å². The lowest BCUT2D eigenvalue weighted by molar-refractivity contribution is 0.161. The number of rotatable bonds is 6. The maximum Gasteiger partial charge on any atom is 0.142 e. The zero-order valence-electron chi connectivity index (χ0n) is 11.4. The number of aliphatic hydroxyl groups is 1. The standard InChI is InChI=1S/C15H17BrO4/c1-18-13-8-6-11(15(19-2)14(13)16)12(17)7-5-10-4-3-9-20-10/h3-4,6,8-9,12,17H,5,7H2,1-2H3. The number of methoxy groups -OCH3 is 2. The Balaban J connectivity index is 2.16. The monoisotopic (exact) mass is 340 g/mol. The summed E-state index contributed by atoms with van der Waals surface area (Å²) in [6.45, 7) is 0. The predicted molar refractivity (Wildman–Crippen MR) is 79.2 cm³/mol. The summed E-state index contributed by atoms with van der Waals surface area (Å²) >= 11 is 3.43. The summed E-state index contributed by atoms with van der Waals surface area (Å²) in [6.07, 6.45) is 2.23. The zero-order valence-corrected chi connectivity index (χ0v) is 13.0. The van der Waals surface area contributed by atoms with E-state index < -0.39 is 6.10 Å². The summed E-state index contributed by atoms with van der Waals surface area (Å²) in [6, 6.07) is 7.35. The van der Waals surface area contributed by atoms with E-state index in [0.29, 0.717) is 28.8 Å². The van der Waals surface area contributed by atoms with Gasteiger partial charge in [0, 0.05) is 12.0 Å². The van der Waals surface area contributed by atoms with Crippen LogP contribution in [0.2, 0.25) is 0 Å². The van der Waals surface area contributed by atoms with Gasteiger partial charge in [0.05, 0.1) is 26.6 Å². The Kier molecular flexibility index (Phi) is 5.09. The molecular weight excluding hydrogens is 324 g/mol. The lowest BCUT2D eigenvalue weighted by Gasteiger charge is -2.17. The third kappa shape index (κ3) is 3.16.